The highest BCUT2D eigenvalue weighted by molar-refractivity contribution is 5.45. The van der Waals surface area contributed by atoms with Gasteiger partial charge in [-0.2, -0.15) is 0 Å². The topological polar surface area (TPSA) is 90.4 Å². The van der Waals surface area contributed by atoms with Crippen LogP contribution in [0.2, 0.25) is 0 Å². The number of benzene rings is 1. The molecule has 0 fully saturated rings. The van der Waals surface area contributed by atoms with Crippen molar-refractivity contribution in [2.45, 2.75) is 13.3 Å². The molecule has 1 heterocycles. The molecule has 0 aliphatic rings. The van der Waals surface area contributed by atoms with Crippen molar-refractivity contribution in [1.82, 2.24) is 9.94 Å². The summed E-state index contributed by atoms with van der Waals surface area (Å²) >= 11 is 0. The summed E-state index contributed by atoms with van der Waals surface area (Å²) in [5.74, 6) is 0.0884. The summed E-state index contributed by atoms with van der Waals surface area (Å²) in [6.07, 6.45) is 1.24. The van der Waals surface area contributed by atoms with Crippen LogP contribution in [0, 0.1) is 10.1 Å². The van der Waals surface area contributed by atoms with Crippen LogP contribution in [-0.2, 0) is 13.3 Å². The Morgan fingerprint density at radius 2 is 2.26 bits per heavy atom. The first-order valence-corrected chi connectivity index (χ1v) is 5.30. The van der Waals surface area contributed by atoms with E-state index in [1.54, 1.807) is 0 Å². The molecule has 0 unspecified atom stereocenters. The fourth-order valence-electron chi connectivity index (χ4n) is 1.61. The molecule has 0 saturated carbocycles. The van der Waals surface area contributed by atoms with Gasteiger partial charge in [0.25, 0.3) is 5.69 Å². The molecule has 0 spiro atoms. The van der Waals surface area contributed by atoms with Crippen LogP contribution in [-0.4, -0.2) is 20.1 Å². The number of halogens is 1. The number of rotatable bonds is 5. The van der Waals surface area contributed by atoms with Gasteiger partial charge < -0.3 is 9.94 Å². The summed E-state index contributed by atoms with van der Waals surface area (Å²) in [6.45, 7) is -1.03. The van der Waals surface area contributed by atoms with Crippen molar-refractivity contribution < 1.29 is 19.3 Å². The van der Waals surface area contributed by atoms with Crippen LogP contribution < -0.4 is 4.74 Å². The van der Waals surface area contributed by atoms with Gasteiger partial charge in [0, 0.05) is 12.1 Å². The Balaban J connectivity index is 2.25. The maximum atomic E-state index is 12.8. The molecule has 0 atom stereocenters. The molecule has 1 aromatic carbocycles. The summed E-state index contributed by atoms with van der Waals surface area (Å²) in [5, 5.41) is 23.4. The maximum absolute atomic E-state index is 12.8. The summed E-state index contributed by atoms with van der Waals surface area (Å²) in [7, 11) is 0. The molecule has 0 amide bonds. The molecule has 2 rings (SSSR count). The summed E-state index contributed by atoms with van der Waals surface area (Å²) in [5.41, 5.74) is 0.138. The smallest absolute Gasteiger partial charge is 0.276 e. The molecule has 1 aromatic heterocycles. The Labute approximate surface area is 107 Å². The lowest BCUT2D eigenvalue weighted by Crippen LogP contribution is -2.04. The second kappa shape index (κ2) is 5.34. The number of hydrogen-bond donors (Lipinski definition) is 1. The Kier molecular flexibility index (Phi) is 3.60. The number of nitrogens with zero attached hydrogens (tertiary/aromatic N) is 3. The van der Waals surface area contributed by atoms with Gasteiger partial charge in [-0.25, -0.2) is 4.39 Å². The van der Waals surface area contributed by atoms with E-state index in [2.05, 4.69) is 5.10 Å². The van der Waals surface area contributed by atoms with E-state index in [4.69, 9.17) is 9.94 Å². The van der Waals surface area contributed by atoms with E-state index in [-0.39, 0.29) is 29.3 Å². The van der Waals surface area contributed by atoms with Crippen LogP contribution in [0.1, 0.15) is 11.1 Å². The summed E-state index contributed by atoms with van der Waals surface area (Å²) < 4.78 is 18.0. The highest BCUT2D eigenvalue weighted by Gasteiger charge is 2.18. The minimum atomic E-state index is -0.825. The first kappa shape index (κ1) is 12.8. The van der Waals surface area contributed by atoms with Gasteiger partial charge in [-0.1, -0.05) is 17.2 Å². The van der Waals surface area contributed by atoms with E-state index in [0.717, 1.165) is 0 Å². The van der Waals surface area contributed by atoms with Gasteiger partial charge in [0.2, 0.25) is 5.88 Å². The number of nitro benzene ring substituents is 1. The van der Waals surface area contributed by atoms with Crippen LogP contribution >= 0.6 is 0 Å². The molecule has 0 aliphatic carbocycles. The van der Waals surface area contributed by atoms with Crippen LogP contribution in [0.3, 0.4) is 0 Å². The lowest BCUT2D eigenvalue weighted by molar-refractivity contribution is -0.385. The average molecular weight is 267 g/mol. The molecule has 2 aromatic rings. The third-order valence-corrected chi connectivity index (χ3v) is 2.50. The van der Waals surface area contributed by atoms with Crippen LogP contribution in [0.15, 0.2) is 30.5 Å². The van der Waals surface area contributed by atoms with E-state index in [9.17, 15) is 14.5 Å². The molecule has 0 saturated heterocycles. The Morgan fingerprint density at radius 1 is 1.47 bits per heavy atom. The van der Waals surface area contributed by atoms with E-state index in [1.807, 2.05) is 0 Å². The van der Waals surface area contributed by atoms with E-state index in [1.165, 1.54) is 30.5 Å². The molecule has 0 aliphatic heterocycles. The Morgan fingerprint density at radius 3 is 2.84 bits per heavy atom. The van der Waals surface area contributed by atoms with Crippen molar-refractivity contribution >= 4 is 5.69 Å². The van der Waals surface area contributed by atoms with Gasteiger partial charge >= 0.3 is 0 Å². The fraction of sp³-hybridized carbons (Fsp3) is 0.182. The van der Waals surface area contributed by atoms with Crippen molar-refractivity contribution in [1.29, 1.82) is 0 Å². The third kappa shape index (κ3) is 2.79. The van der Waals surface area contributed by atoms with Gasteiger partial charge in [0.15, 0.2) is 0 Å². The molecule has 7 nitrogen and oxygen atoms in total. The first-order valence-electron chi connectivity index (χ1n) is 5.30. The third-order valence-electron chi connectivity index (χ3n) is 2.50. The number of hydrogen-bond acceptors (Lipinski definition) is 5. The highest BCUT2D eigenvalue weighted by Crippen LogP contribution is 2.24. The number of alkyl halides is 1. The number of nitro groups is 1. The van der Waals surface area contributed by atoms with Crippen molar-refractivity contribution in [2.75, 3.05) is 0 Å². The molecule has 8 heteroatoms. The largest absolute Gasteiger partial charge is 0.471 e. The zero-order valence-corrected chi connectivity index (χ0v) is 9.69. The average Bonchev–Trinajstić information content (AvgIpc) is 2.81. The molecule has 0 radical (unpaired) electrons. The zero-order chi connectivity index (χ0) is 13.8. The lowest BCUT2D eigenvalue weighted by Gasteiger charge is -2.07. The van der Waals surface area contributed by atoms with Crippen LogP contribution in [0.5, 0.6) is 5.88 Å². The molecular formula is C11H10FN3O4. The minimum absolute atomic E-state index is 0.0884. The Hall–Kier alpha value is -2.64. The van der Waals surface area contributed by atoms with Gasteiger partial charge in [-0.15, -0.1) is 4.85 Å². The highest BCUT2D eigenvalue weighted by atomic mass is 19.1. The molecule has 0 bridgehead atoms. The quantitative estimate of drug-likeness (QED) is 0.508. The second-order valence-corrected chi connectivity index (χ2v) is 3.67. The van der Waals surface area contributed by atoms with Crippen molar-refractivity contribution in [3.63, 3.8) is 0 Å². The molecule has 1 N–H and O–H groups in total. The van der Waals surface area contributed by atoms with Crippen molar-refractivity contribution in [2.24, 2.45) is 0 Å². The first-order chi connectivity index (χ1) is 9.11. The SMILES string of the molecule is O=[N+]([O-])c1cccc(CF)c1COc1ccn(O)n1. The molecular weight excluding hydrogens is 257 g/mol. The van der Waals surface area contributed by atoms with Gasteiger partial charge in [-0.3, -0.25) is 10.1 Å². The Bertz CT molecular complexity index is 599. The van der Waals surface area contributed by atoms with E-state index < -0.39 is 11.6 Å². The predicted molar refractivity (Wildman–Crippen MR) is 61.7 cm³/mol. The zero-order valence-electron chi connectivity index (χ0n) is 9.69. The van der Waals surface area contributed by atoms with Gasteiger partial charge in [0.1, 0.15) is 13.3 Å². The van der Waals surface area contributed by atoms with Gasteiger partial charge in [0.05, 0.1) is 16.7 Å². The molecule has 19 heavy (non-hydrogen) atoms. The summed E-state index contributed by atoms with van der Waals surface area (Å²) in [4.78, 5) is 10.8. The standard InChI is InChI=1S/C11H10FN3O4/c12-6-8-2-1-3-10(15(17)18)9(8)7-19-11-4-5-14(16)13-11/h1-5,16H,6-7H2. The van der Waals surface area contributed by atoms with Crippen molar-refractivity contribution in [3.8, 4) is 5.88 Å². The lowest BCUT2D eigenvalue weighted by atomic mass is 10.1. The number of ether oxygens (including phenoxy) is 1. The fourth-order valence-corrected chi connectivity index (χ4v) is 1.61. The van der Waals surface area contributed by atoms with Crippen LogP contribution in [0.4, 0.5) is 10.1 Å². The normalized spacial score (nSPS) is 10.4. The van der Waals surface area contributed by atoms with Crippen molar-refractivity contribution in [3.05, 3.63) is 51.7 Å². The predicted octanol–water partition coefficient (Wildman–Crippen LogP) is 2.08. The number of aromatic nitrogens is 2. The van der Waals surface area contributed by atoms with Gasteiger partial charge in [-0.05, 0) is 5.56 Å². The minimum Gasteiger partial charge on any atom is -0.471 e. The monoisotopic (exact) mass is 267 g/mol. The van der Waals surface area contributed by atoms with E-state index >= 15 is 0 Å². The molecule has 100 valence electrons. The second-order valence-electron chi connectivity index (χ2n) is 3.67. The van der Waals surface area contributed by atoms with Crippen LogP contribution in [0.25, 0.3) is 0 Å². The maximum Gasteiger partial charge on any atom is 0.276 e. The van der Waals surface area contributed by atoms with E-state index in [0.29, 0.717) is 4.85 Å². The summed E-state index contributed by atoms with van der Waals surface area (Å²) in [6, 6.07) is 5.53.